The van der Waals surface area contributed by atoms with Gasteiger partial charge in [-0.3, -0.25) is 0 Å². The Hall–Kier alpha value is -1.56. The van der Waals surface area contributed by atoms with Crippen molar-refractivity contribution in [2.45, 2.75) is 100 Å². The van der Waals surface area contributed by atoms with Crippen LogP contribution in [0.1, 0.15) is 106 Å². The Kier molecular flexibility index (Phi) is 5.48. The van der Waals surface area contributed by atoms with Crippen molar-refractivity contribution in [3.63, 3.8) is 0 Å². The Morgan fingerprint density at radius 3 is 2.19 bits per heavy atom. The molecule has 7 atom stereocenters. The highest BCUT2D eigenvalue weighted by Gasteiger charge is 2.67. The molecule has 194 valence electrons. The molecule has 0 heterocycles. The SMILES string of the molecule is CC1=CC[C@]2(C)[C@H]3CC[C@@H]4C5=C(C(C)C)C(c6ccccc6)=CC5CC[C@@]4(C)[C@]3(C)CC[C@H]2C1(C)C. The molecule has 0 spiro atoms. The predicted octanol–water partition coefficient (Wildman–Crippen LogP) is 10.3. The minimum Gasteiger partial charge on any atom is -0.0845 e. The Morgan fingerprint density at radius 2 is 1.50 bits per heavy atom. The minimum absolute atomic E-state index is 0.344. The monoisotopic (exact) mass is 482 g/mol. The van der Waals surface area contributed by atoms with Crippen LogP contribution in [0.25, 0.3) is 5.57 Å². The highest BCUT2D eigenvalue weighted by atomic mass is 14.7. The molecule has 1 unspecified atom stereocenters. The van der Waals surface area contributed by atoms with Crippen molar-refractivity contribution in [1.29, 1.82) is 0 Å². The topological polar surface area (TPSA) is 0 Å². The number of rotatable bonds is 2. The summed E-state index contributed by atoms with van der Waals surface area (Å²) in [5, 5.41) is 0. The van der Waals surface area contributed by atoms with Crippen LogP contribution >= 0.6 is 0 Å². The van der Waals surface area contributed by atoms with Gasteiger partial charge in [0, 0.05) is 0 Å². The fourth-order valence-electron chi connectivity index (χ4n) is 11.0. The molecule has 36 heavy (non-hydrogen) atoms. The van der Waals surface area contributed by atoms with Gasteiger partial charge in [-0.1, -0.05) is 102 Å². The van der Waals surface area contributed by atoms with E-state index in [1.807, 2.05) is 5.57 Å². The second-order valence-electron chi connectivity index (χ2n) is 15.0. The van der Waals surface area contributed by atoms with E-state index in [2.05, 4.69) is 97.9 Å². The van der Waals surface area contributed by atoms with Gasteiger partial charge in [-0.2, -0.15) is 0 Å². The van der Waals surface area contributed by atoms with Crippen LogP contribution in [0.3, 0.4) is 0 Å². The minimum atomic E-state index is 0.344. The van der Waals surface area contributed by atoms with Crippen molar-refractivity contribution in [2.24, 2.45) is 51.2 Å². The molecule has 0 radical (unpaired) electrons. The highest BCUT2D eigenvalue weighted by Crippen LogP contribution is 2.75. The third-order valence-electron chi connectivity index (χ3n) is 13.2. The fraction of sp³-hybridized carbons (Fsp3) is 0.667. The molecule has 0 N–H and O–H groups in total. The zero-order valence-corrected chi connectivity index (χ0v) is 24.4. The quantitative estimate of drug-likeness (QED) is 0.368. The molecule has 0 bridgehead atoms. The fourth-order valence-corrected chi connectivity index (χ4v) is 11.0. The molecule has 3 saturated carbocycles. The lowest BCUT2D eigenvalue weighted by molar-refractivity contribution is -0.194. The lowest BCUT2D eigenvalue weighted by Crippen LogP contribution is -2.63. The highest BCUT2D eigenvalue weighted by molar-refractivity contribution is 5.84. The molecule has 6 rings (SSSR count). The van der Waals surface area contributed by atoms with Gasteiger partial charge in [0.05, 0.1) is 0 Å². The third-order valence-corrected chi connectivity index (χ3v) is 13.2. The van der Waals surface area contributed by atoms with Gasteiger partial charge in [-0.15, -0.1) is 0 Å². The first-order valence-electron chi connectivity index (χ1n) is 15.1. The van der Waals surface area contributed by atoms with Crippen molar-refractivity contribution < 1.29 is 0 Å². The van der Waals surface area contributed by atoms with E-state index >= 15 is 0 Å². The smallest absolute Gasteiger partial charge is 0.000462 e. The normalized spacial score (nSPS) is 43.2. The summed E-state index contributed by atoms with van der Waals surface area (Å²) in [4.78, 5) is 0. The van der Waals surface area contributed by atoms with Gasteiger partial charge in [-0.05, 0) is 120 Å². The van der Waals surface area contributed by atoms with Gasteiger partial charge in [0.25, 0.3) is 0 Å². The number of benzene rings is 1. The molecule has 0 aromatic heterocycles. The first-order chi connectivity index (χ1) is 16.9. The van der Waals surface area contributed by atoms with Crippen LogP contribution in [0.4, 0.5) is 0 Å². The summed E-state index contributed by atoms with van der Waals surface area (Å²) in [6.07, 6.45) is 15.0. The van der Waals surface area contributed by atoms with E-state index in [0.29, 0.717) is 33.5 Å². The van der Waals surface area contributed by atoms with E-state index in [4.69, 9.17) is 0 Å². The molecule has 3 fully saturated rings. The average Bonchev–Trinajstić information content (AvgIpc) is 3.23. The van der Waals surface area contributed by atoms with Gasteiger partial charge >= 0.3 is 0 Å². The van der Waals surface area contributed by atoms with Gasteiger partial charge in [0.1, 0.15) is 0 Å². The molecule has 0 heteroatoms. The predicted molar refractivity (Wildman–Crippen MR) is 154 cm³/mol. The van der Waals surface area contributed by atoms with E-state index in [-0.39, 0.29) is 0 Å². The number of fused-ring (bicyclic) bond motifs is 7. The van der Waals surface area contributed by atoms with Crippen molar-refractivity contribution in [3.8, 4) is 0 Å². The van der Waals surface area contributed by atoms with E-state index in [1.54, 1.807) is 16.7 Å². The van der Waals surface area contributed by atoms with Gasteiger partial charge in [-0.25, -0.2) is 0 Å². The Balaban J connectivity index is 1.43. The Labute approximate surface area is 221 Å². The van der Waals surface area contributed by atoms with Crippen molar-refractivity contribution in [1.82, 2.24) is 0 Å². The van der Waals surface area contributed by atoms with Crippen LogP contribution in [-0.2, 0) is 0 Å². The lowest BCUT2D eigenvalue weighted by Gasteiger charge is -2.71. The molecule has 5 aliphatic rings. The molecule has 1 aromatic carbocycles. The second kappa shape index (κ2) is 7.97. The zero-order valence-electron chi connectivity index (χ0n) is 24.4. The molecule has 5 aliphatic carbocycles. The zero-order chi connectivity index (χ0) is 25.7. The van der Waals surface area contributed by atoms with E-state index in [1.165, 1.54) is 50.5 Å². The van der Waals surface area contributed by atoms with Crippen LogP contribution in [-0.4, -0.2) is 0 Å². The van der Waals surface area contributed by atoms with E-state index in [0.717, 1.165) is 17.8 Å². The average molecular weight is 483 g/mol. The van der Waals surface area contributed by atoms with Crippen molar-refractivity contribution in [3.05, 3.63) is 64.8 Å². The van der Waals surface area contributed by atoms with Gasteiger partial charge in [0.2, 0.25) is 0 Å². The number of allylic oxidation sites excluding steroid dienone is 6. The van der Waals surface area contributed by atoms with Crippen LogP contribution in [0.5, 0.6) is 0 Å². The number of hydrogen-bond donors (Lipinski definition) is 0. The standard InChI is InChI=1S/C36H50/c1-23(2)31-27(25-12-10-9-11-13-25)22-26-17-20-35(7)28(32(26)31)14-15-30-34(6)19-16-24(3)33(4,5)29(34)18-21-36(30,35)8/h9-13,16,22-23,26,28-30H,14-15,17-21H2,1-8H3/t26?,28-,29+,30-,34+,35-,36-/m1/s1. The first kappa shape index (κ1) is 24.8. The van der Waals surface area contributed by atoms with E-state index < -0.39 is 0 Å². The largest absolute Gasteiger partial charge is 0.0845 e. The van der Waals surface area contributed by atoms with E-state index in [9.17, 15) is 0 Å². The van der Waals surface area contributed by atoms with Gasteiger partial charge < -0.3 is 0 Å². The molecule has 0 nitrogen and oxygen atoms in total. The lowest BCUT2D eigenvalue weighted by atomic mass is 9.34. The van der Waals surface area contributed by atoms with Crippen LogP contribution < -0.4 is 0 Å². The summed E-state index contributed by atoms with van der Waals surface area (Å²) in [7, 11) is 0. The maximum absolute atomic E-state index is 2.76. The molecule has 1 aromatic rings. The molecule has 0 amide bonds. The summed E-state index contributed by atoms with van der Waals surface area (Å²) in [6, 6.07) is 11.3. The maximum Gasteiger partial charge on any atom is -0.000462 e. The summed E-state index contributed by atoms with van der Waals surface area (Å²) in [5.74, 6) is 3.68. The molecular formula is C36H50. The molecule has 0 aliphatic heterocycles. The summed E-state index contributed by atoms with van der Waals surface area (Å²) >= 11 is 0. The Bertz CT molecular complexity index is 1140. The number of hydrogen-bond acceptors (Lipinski definition) is 0. The molecular weight excluding hydrogens is 432 g/mol. The summed E-state index contributed by atoms with van der Waals surface area (Å²) in [5.41, 5.74) is 9.85. The molecule has 0 saturated heterocycles. The van der Waals surface area contributed by atoms with Gasteiger partial charge in [0.15, 0.2) is 0 Å². The third kappa shape index (κ3) is 3.06. The van der Waals surface area contributed by atoms with Crippen molar-refractivity contribution >= 4 is 5.57 Å². The van der Waals surface area contributed by atoms with Crippen LogP contribution in [0.2, 0.25) is 0 Å². The Morgan fingerprint density at radius 1 is 0.806 bits per heavy atom. The first-order valence-corrected chi connectivity index (χ1v) is 15.1. The second-order valence-corrected chi connectivity index (χ2v) is 15.0. The van der Waals surface area contributed by atoms with Crippen molar-refractivity contribution in [2.75, 3.05) is 0 Å². The maximum atomic E-state index is 2.76. The summed E-state index contributed by atoms with van der Waals surface area (Å²) < 4.78 is 0. The van der Waals surface area contributed by atoms with Crippen LogP contribution in [0, 0.1) is 51.2 Å². The summed E-state index contributed by atoms with van der Waals surface area (Å²) in [6.45, 7) is 20.6. The van der Waals surface area contributed by atoms with Crippen LogP contribution in [0.15, 0.2) is 59.2 Å².